The molecule has 0 fully saturated rings. The molecule has 84 heavy (non-hydrogen) atoms. The average Bonchev–Trinajstić information content (AvgIpc) is 1.17. The van der Waals surface area contributed by atoms with Crippen LogP contribution >= 0.6 is 0 Å². The van der Waals surface area contributed by atoms with Gasteiger partial charge in [0, 0.05) is 0 Å². The average molecular weight is 1500 g/mol. The normalized spacial score (nSPS) is 20.3. The molecular weight excluding hydrogens is 1410 g/mol. The van der Waals surface area contributed by atoms with Gasteiger partial charge < -0.3 is 0 Å². The van der Waals surface area contributed by atoms with E-state index in [1.165, 1.54) is 91.7 Å². The molecule has 0 aromatic heterocycles. The zero-order valence-electron chi connectivity index (χ0n) is 53.3. The van der Waals surface area contributed by atoms with Crippen molar-refractivity contribution in [3.63, 3.8) is 0 Å². The van der Waals surface area contributed by atoms with Crippen molar-refractivity contribution in [2.24, 2.45) is 0 Å². The van der Waals surface area contributed by atoms with E-state index < -0.39 is 54.7 Å². The van der Waals surface area contributed by atoms with Crippen molar-refractivity contribution in [1.82, 2.24) is 0 Å². The van der Waals surface area contributed by atoms with Gasteiger partial charge in [-0.15, -0.1) is 0 Å². The van der Waals surface area contributed by atoms with Gasteiger partial charge in [-0.1, -0.05) is 0 Å². The molecule has 0 amide bonds. The molecule has 4 aliphatic rings. The first-order valence-electron chi connectivity index (χ1n) is 32.2. The van der Waals surface area contributed by atoms with Gasteiger partial charge in [-0.25, -0.2) is 0 Å². The van der Waals surface area contributed by atoms with Crippen molar-refractivity contribution in [2.45, 2.75) is 125 Å². The molecule has 0 saturated carbocycles. The van der Waals surface area contributed by atoms with Gasteiger partial charge in [0.2, 0.25) is 0 Å². The second kappa shape index (κ2) is 20.5. The van der Waals surface area contributed by atoms with E-state index in [1.807, 2.05) is 0 Å². The summed E-state index contributed by atoms with van der Waals surface area (Å²) in [7, 11) is 0. The fourth-order valence-electron chi connectivity index (χ4n) is 21.3. The Balaban J connectivity index is 0.997. The van der Waals surface area contributed by atoms with Crippen LogP contribution in [0.3, 0.4) is 0 Å². The molecule has 0 bridgehead atoms. The minimum absolute atomic E-state index is 0.492. The summed E-state index contributed by atoms with van der Waals surface area (Å²) in [5.74, 6) is 0. The van der Waals surface area contributed by atoms with E-state index in [2.05, 4.69) is 304 Å². The Labute approximate surface area is 504 Å². The van der Waals surface area contributed by atoms with E-state index in [0.29, 0.717) is 14.7 Å². The second-order valence-corrected chi connectivity index (χ2v) is 236. The molecule has 430 valence electrons. The summed E-state index contributed by atoms with van der Waals surface area (Å²) < 4.78 is 14.6. The number of fused-ring (bicyclic) bond motifs is 4. The molecule has 0 heterocycles. The third kappa shape index (κ3) is 8.07. The van der Waals surface area contributed by atoms with Gasteiger partial charge in [0.1, 0.15) is 0 Å². The van der Waals surface area contributed by atoms with Crippen LogP contribution in [0.4, 0.5) is 0 Å². The van der Waals surface area contributed by atoms with Crippen LogP contribution in [-0.2, 0) is 30.7 Å². The van der Waals surface area contributed by atoms with Crippen LogP contribution in [0.1, 0.15) is 99.7 Å². The first-order chi connectivity index (χ1) is 40.0. The van der Waals surface area contributed by atoms with E-state index in [-0.39, 0.29) is 0 Å². The predicted octanol–water partition coefficient (Wildman–Crippen LogP) is 22.4. The van der Waals surface area contributed by atoms with Crippen LogP contribution in [0, 0.1) is 0 Å². The first kappa shape index (κ1) is 59.7. The van der Waals surface area contributed by atoms with E-state index in [0.717, 1.165) is 0 Å². The molecule has 0 aliphatic heterocycles. The van der Waals surface area contributed by atoms with Gasteiger partial charge >= 0.3 is 510 Å². The maximum atomic E-state index is 3.16. The van der Waals surface area contributed by atoms with Crippen LogP contribution < -0.4 is 0 Å². The Kier molecular flexibility index (Phi) is 14.5. The van der Waals surface area contributed by atoms with E-state index in [9.17, 15) is 0 Å². The summed E-state index contributed by atoms with van der Waals surface area (Å²) in [6.45, 7) is 26.7. The summed E-state index contributed by atoms with van der Waals surface area (Å²) >= 11 is -10.1. The van der Waals surface area contributed by atoms with Crippen LogP contribution in [0.15, 0.2) is 216 Å². The van der Waals surface area contributed by atoms with Crippen LogP contribution in [0.5, 0.6) is 0 Å². The third-order valence-electron chi connectivity index (χ3n) is 27.5. The van der Waals surface area contributed by atoms with Crippen LogP contribution in [0.25, 0.3) is 68.8 Å². The summed E-state index contributed by atoms with van der Waals surface area (Å²) in [5, 5.41) is -4.39. The topological polar surface area (TPSA) is 0 Å². The maximum absolute atomic E-state index is 5.06. The van der Waals surface area contributed by atoms with Crippen LogP contribution in [-0.4, -0.2) is 23.9 Å². The predicted molar refractivity (Wildman–Crippen MR) is 379 cm³/mol. The Morgan fingerprint density at radius 1 is 0.310 bits per heavy atom. The third-order valence-corrected chi connectivity index (χ3v) is 350. The van der Waals surface area contributed by atoms with E-state index in [4.69, 9.17) is 0 Å². The number of hydrogen-bond acceptors (Lipinski definition) is 0. The van der Waals surface area contributed by atoms with Gasteiger partial charge in [-0.05, 0) is 0 Å². The molecule has 0 N–H and O–H groups in total. The SMILES string of the molecule is C[SiH2][Hf]([CH3])([CH3])([CH]1C(C)=Cc2c(-c3ccccc3)cccc21)([CH]1C(C)=Cc2c(-c3ccccc3)cccc21)[Si](C)(C)CCCC[Si](C)(C)[Hf]([CH3])([CH3])([SiH2]C)([CH]1C(C)=Cc2c(-c3ccccc3)cccc21)[CH]1C(C)=Cc2c(-c3ccccc3)cccc21. The van der Waals surface area contributed by atoms with E-state index >= 15 is 0 Å². The minimum atomic E-state index is -5.06. The summed E-state index contributed by atoms with van der Waals surface area (Å²) in [5.41, 5.74) is 30.3. The molecular formula is C78H94Hf2Si4. The summed E-state index contributed by atoms with van der Waals surface area (Å²) in [6, 6.07) is 77.9. The monoisotopic (exact) mass is 1500 g/mol. The quantitative estimate of drug-likeness (QED) is 0.0630. The molecule has 8 aromatic carbocycles. The molecule has 0 saturated heterocycles. The van der Waals surface area contributed by atoms with Gasteiger partial charge in [-0.2, -0.15) is 0 Å². The number of benzene rings is 8. The van der Waals surface area contributed by atoms with Crippen molar-refractivity contribution in [3.05, 3.63) is 261 Å². The fraction of sp³-hybridized carbons (Fsp3) is 0.282. The van der Waals surface area contributed by atoms with Crippen LogP contribution in [0.2, 0.25) is 70.1 Å². The molecule has 4 atom stereocenters. The van der Waals surface area contributed by atoms with Crippen molar-refractivity contribution in [3.8, 4) is 44.5 Å². The van der Waals surface area contributed by atoms with E-state index in [1.54, 1.807) is 44.5 Å². The number of unbranched alkanes of at least 4 members (excludes halogenated alkanes) is 1. The van der Waals surface area contributed by atoms with Gasteiger partial charge in [-0.3, -0.25) is 0 Å². The standard InChI is InChI=1S/4C16H13.C8H20Si2.2CH5Si.4CH3.2Hf/c4*1-12-10-14-8-5-9-15(16(14)11-12)13-6-3-2-4-7-13;1-9(2)7-5-6-8-10(3)4;2*1-2;;;;;;/h4*2-11H,1H3;5-8H2,1-4H3;2*2H2,1H3;4*1H3;;. The summed E-state index contributed by atoms with van der Waals surface area (Å²) in [6.07, 6.45) is 13.5. The number of rotatable bonds is 17. The van der Waals surface area contributed by atoms with Gasteiger partial charge in [0.15, 0.2) is 0 Å². The van der Waals surface area contributed by atoms with Crippen molar-refractivity contribution < 1.29 is 30.7 Å². The Bertz CT molecular complexity index is 3590. The van der Waals surface area contributed by atoms with Gasteiger partial charge in [0.05, 0.1) is 0 Å². The molecule has 12 rings (SSSR count). The molecule has 6 heteroatoms. The van der Waals surface area contributed by atoms with Crippen molar-refractivity contribution in [1.29, 1.82) is 0 Å². The molecule has 0 nitrogen and oxygen atoms in total. The van der Waals surface area contributed by atoms with Gasteiger partial charge in [0.25, 0.3) is 0 Å². The molecule has 0 radical (unpaired) electrons. The molecule has 4 unspecified atom stereocenters. The zero-order chi connectivity index (χ0) is 59.4. The Hall–Kier alpha value is -4.67. The molecule has 4 aliphatic carbocycles. The fourth-order valence-corrected chi connectivity index (χ4v) is 264. The van der Waals surface area contributed by atoms with Crippen molar-refractivity contribution in [2.75, 3.05) is 0 Å². The molecule has 0 spiro atoms. The zero-order valence-corrected chi connectivity index (χ0v) is 65.4. The Morgan fingerprint density at radius 2 is 0.524 bits per heavy atom. The number of allylic oxidation sites excluding steroid dienone is 4. The second-order valence-electron chi connectivity index (χ2n) is 31.5. The summed E-state index contributed by atoms with van der Waals surface area (Å²) in [4.78, 5) is 0. The Morgan fingerprint density at radius 3 is 0.726 bits per heavy atom. The van der Waals surface area contributed by atoms with Crippen molar-refractivity contribution >= 4 is 48.2 Å². The molecule has 8 aromatic rings. The number of hydrogen-bond donors (Lipinski definition) is 0. The first-order valence-corrected chi connectivity index (χ1v) is 91.6.